The molecular weight excluding hydrogens is 222 g/mol. The highest BCUT2D eigenvalue weighted by molar-refractivity contribution is 5.79. The molecule has 106 valence electrons. The first-order chi connectivity index (χ1) is 8.49. The molecule has 0 aromatic carbocycles. The first-order valence-corrected chi connectivity index (χ1v) is 7.74. The van der Waals surface area contributed by atoms with Gasteiger partial charge < -0.3 is 4.90 Å². The van der Waals surface area contributed by atoms with Gasteiger partial charge in [-0.3, -0.25) is 4.79 Å². The first kappa shape index (κ1) is 15.7. The van der Waals surface area contributed by atoms with Crippen molar-refractivity contribution in [3.63, 3.8) is 0 Å². The molecule has 0 spiro atoms. The fraction of sp³-hybridized carbons (Fsp3) is 0.938. The number of carbonyl (C=O) groups is 1. The topological polar surface area (TPSA) is 20.3 Å². The number of carbonyl (C=O) groups excluding carboxylic acids is 1. The predicted molar refractivity (Wildman–Crippen MR) is 77.7 cm³/mol. The number of Topliss-reactive ketones (excluding diaryl/α,β-unsaturated/α-hetero) is 1. The number of nitrogens with zero attached hydrogens (tertiary/aromatic N) is 1. The van der Waals surface area contributed by atoms with Crippen molar-refractivity contribution in [1.29, 1.82) is 0 Å². The third-order valence-electron chi connectivity index (χ3n) is 4.02. The van der Waals surface area contributed by atoms with E-state index in [0.29, 0.717) is 11.8 Å². The Balaban J connectivity index is 2.44. The van der Waals surface area contributed by atoms with Crippen molar-refractivity contribution in [2.75, 3.05) is 13.1 Å². The van der Waals surface area contributed by atoms with Gasteiger partial charge in [0, 0.05) is 18.9 Å². The molecule has 0 aliphatic heterocycles. The van der Waals surface area contributed by atoms with Gasteiger partial charge in [0.05, 0.1) is 0 Å². The Labute approximate surface area is 113 Å². The Hall–Kier alpha value is -0.370. The Morgan fingerprint density at radius 3 is 1.83 bits per heavy atom. The minimum absolute atomic E-state index is 0.471. The van der Waals surface area contributed by atoms with Crippen molar-refractivity contribution in [3.8, 4) is 0 Å². The molecule has 0 amide bonds. The summed E-state index contributed by atoms with van der Waals surface area (Å²) in [4.78, 5) is 14.0. The third-order valence-corrected chi connectivity index (χ3v) is 4.02. The summed E-state index contributed by atoms with van der Waals surface area (Å²) in [6, 6.07) is 0.667. The molecule has 0 N–H and O–H groups in total. The third kappa shape index (κ3) is 5.99. The average molecular weight is 253 g/mol. The summed E-state index contributed by atoms with van der Waals surface area (Å²) >= 11 is 0. The first-order valence-electron chi connectivity index (χ1n) is 7.74. The summed E-state index contributed by atoms with van der Waals surface area (Å²) in [6.07, 6.45) is 6.37. The van der Waals surface area contributed by atoms with Crippen LogP contribution >= 0.6 is 0 Å². The van der Waals surface area contributed by atoms with Gasteiger partial charge in [-0.05, 0) is 50.6 Å². The van der Waals surface area contributed by atoms with Crippen LogP contribution in [0.5, 0.6) is 0 Å². The monoisotopic (exact) mass is 253 g/mol. The molecular formula is C16H31NO. The predicted octanol–water partition coefficient (Wildman–Crippen LogP) is 3.89. The minimum atomic E-state index is 0.471. The Morgan fingerprint density at radius 2 is 1.44 bits per heavy atom. The van der Waals surface area contributed by atoms with Crippen LogP contribution in [-0.4, -0.2) is 29.8 Å². The van der Waals surface area contributed by atoms with Gasteiger partial charge in [0.2, 0.25) is 0 Å². The quantitative estimate of drug-likeness (QED) is 0.686. The lowest BCUT2D eigenvalue weighted by Gasteiger charge is -2.35. The molecule has 0 aromatic heterocycles. The number of rotatable bonds is 7. The maximum atomic E-state index is 11.3. The summed E-state index contributed by atoms with van der Waals surface area (Å²) < 4.78 is 0. The highest BCUT2D eigenvalue weighted by atomic mass is 16.1. The van der Waals surface area contributed by atoms with Gasteiger partial charge in [0.25, 0.3) is 0 Å². The second kappa shape index (κ2) is 7.93. The zero-order valence-electron chi connectivity index (χ0n) is 12.7. The van der Waals surface area contributed by atoms with E-state index >= 15 is 0 Å². The van der Waals surface area contributed by atoms with E-state index in [4.69, 9.17) is 0 Å². The molecule has 1 fully saturated rings. The second-order valence-corrected chi connectivity index (χ2v) is 6.67. The van der Waals surface area contributed by atoms with E-state index in [-0.39, 0.29) is 0 Å². The maximum Gasteiger partial charge on any atom is 0.133 e. The minimum Gasteiger partial charge on any atom is -0.300 e. The van der Waals surface area contributed by atoms with Gasteiger partial charge in [-0.15, -0.1) is 0 Å². The van der Waals surface area contributed by atoms with Crippen LogP contribution in [0.1, 0.15) is 66.2 Å². The maximum absolute atomic E-state index is 11.3. The van der Waals surface area contributed by atoms with E-state index in [0.717, 1.165) is 37.5 Å². The van der Waals surface area contributed by atoms with Crippen molar-refractivity contribution in [2.45, 2.75) is 72.3 Å². The Kier molecular flexibility index (Phi) is 6.91. The molecule has 0 atom stereocenters. The average Bonchev–Trinajstić information content (AvgIpc) is 2.30. The van der Waals surface area contributed by atoms with E-state index < -0.39 is 0 Å². The summed E-state index contributed by atoms with van der Waals surface area (Å²) in [7, 11) is 0. The summed E-state index contributed by atoms with van der Waals surface area (Å²) in [5.74, 6) is 2.02. The van der Waals surface area contributed by atoms with Crippen LogP contribution < -0.4 is 0 Å². The van der Waals surface area contributed by atoms with Crippen LogP contribution in [0.25, 0.3) is 0 Å². The van der Waals surface area contributed by atoms with Crippen LogP contribution in [0.2, 0.25) is 0 Å². The molecule has 0 radical (unpaired) electrons. The van der Waals surface area contributed by atoms with E-state index in [1.165, 1.54) is 25.9 Å². The number of hydrogen-bond acceptors (Lipinski definition) is 2. The SMILES string of the molecule is CC(C)CCN(CCC(C)C)C1CCC(=O)CC1. The molecule has 1 aliphatic carbocycles. The zero-order chi connectivity index (χ0) is 13.5. The van der Waals surface area contributed by atoms with Crippen molar-refractivity contribution in [3.05, 3.63) is 0 Å². The van der Waals surface area contributed by atoms with Crippen LogP contribution in [0.4, 0.5) is 0 Å². The molecule has 2 heteroatoms. The van der Waals surface area contributed by atoms with E-state index in [1.807, 2.05) is 0 Å². The molecule has 18 heavy (non-hydrogen) atoms. The molecule has 1 aliphatic rings. The van der Waals surface area contributed by atoms with Crippen LogP contribution in [-0.2, 0) is 4.79 Å². The van der Waals surface area contributed by atoms with Crippen LogP contribution in [0.3, 0.4) is 0 Å². The molecule has 0 unspecified atom stereocenters. The molecule has 2 nitrogen and oxygen atoms in total. The van der Waals surface area contributed by atoms with Crippen LogP contribution in [0, 0.1) is 11.8 Å². The molecule has 0 saturated heterocycles. The molecule has 1 saturated carbocycles. The summed E-state index contributed by atoms with van der Waals surface area (Å²) in [5.41, 5.74) is 0. The lowest BCUT2D eigenvalue weighted by Crippen LogP contribution is -2.40. The fourth-order valence-electron chi connectivity index (χ4n) is 2.61. The summed E-state index contributed by atoms with van der Waals surface area (Å²) in [5, 5.41) is 0. The van der Waals surface area contributed by atoms with Crippen molar-refractivity contribution in [2.24, 2.45) is 11.8 Å². The Bertz CT molecular complexity index is 225. The standard InChI is InChI=1S/C16H31NO/c1-13(2)9-11-17(12-10-14(3)4)15-5-7-16(18)8-6-15/h13-15H,5-12H2,1-4H3. The highest BCUT2D eigenvalue weighted by Gasteiger charge is 2.24. The number of hydrogen-bond donors (Lipinski definition) is 0. The van der Waals surface area contributed by atoms with E-state index in [2.05, 4.69) is 32.6 Å². The van der Waals surface area contributed by atoms with E-state index in [1.54, 1.807) is 0 Å². The normalized spacial score (nSPS) is 18.3. The molecule has 1 rings (SSSR count). The summed E-state index contributed by atoms with van der Waals surface area (Å²) in [6.45, 7) is 11.6. The Morgan fingerprint density at radius 1 is 1.00 bits per heavy atom. The van der Waals surface area contributed by atoms with Crippen molar-refractivity contribution < 1.29 is 4.79 Å². The zero-order valence-corrected chi connectivity index (χ0v) is 12.7. The van der Waals surface area contributed by atoms with Crippen molar-refractivity contribution in [1.82, 2.24) is 4.90 Å². The number of ketones is 1. The van der Waals surface area contributed by atoms with Crippen molar-refractivity contribution >= 4 is 5.78 Å². The van der Waals surface area contributed by atoms with Gasteiger partial charge in [-0.25, -0.2) is 0 Å². The lowest BCUT2D eigenvalue weighted by atomic mass is 9.92. The van der Waals surface area contributed by atoms with Gasteiger partial charge in [0.1, 0.15) is 5.78 Å². The lowest BCUT2D eigenvalue weighted by molar-refractivity contribution is -0.121. The highest BCUT2D eigenvalue weighted by Crippen LogP contribution is 2.22. The van der Waals surface area contributed by atoms with Crippen LogP contribution in [0.15, 0.2) is 0 Å². The van der Waals surface area contributed by atoms with Gasteiger partial charge in [0.15, 0.2) is 0 Å². The fourth-order valence-corrected chi connectivity index (χ4v) is 2.61. The largest absolute Gasteiger partial charge is 0.300 e. The van der Waals surface area contributed by atoms with Gasteiger partial charge in [-0.1, -0.05) is 27.7 Å². The van der Waals surface area contributed by atoms with Gasteiger partial charge in [-0.2, -0.15) is 0 Å². The molecule has 0 aromatic rings. The smallest absolute Gasteiger partial charge is 0.133 e. The second-order valence-electron chi connectivity index (χ2n) is 6.67. The molecule has 0 bridgehead atoms. The van der Waals surface area contributed by atoms with E-state index in [9.17, 15) is 4.79 Å². The van der Waals surface area contributed by atoms with Gasteiger partial charge >= 0.3 is 0 Å². The molecule has 0 heterocycles.